The van der Waals surface area contributed by atoms with Gasteiger partial charge in [-0.1, -0.05) is 42.3 Å². The van der Waals surface area contributed by atoms with Gasteiger partial charge in [0.25, 0.3) is 11.8 Å². The fourth-order valence-corrected chi connectivity index (χ4v) is 6.09. The fraction of sp³-hybridized carbons (Fsp3) is 0.184. The Morgan fingerprint density at radius 3 is 2.35 bits per heavy atom. The molecule has 6 N–H and O–H groups in total. The second-order valence-electron chi connectivity index (χ2n) is 12.2. The van der Waals surface area contributed by atoms with Crippen molar-refractivity contribution in [2.24, 2.45) is 10.2 Å². The molecule has 5 aromatic carbocycles. The number of azo groups is 1. The maximum Gasteiger partial charge on any atom is 0.524 e. The first kappa shape index (κ1) is 39.5. The van der Waals surface area contributed by atoms with Gasteiger partial charge in [0, 0.05) is 45.9 Å². The highest BCUT2D eigenvalue weighted by molar-refractivity contribution is 7.46. The van der Waals surface area contributed by atoms with Crippen LogP contribution in [0, 0.1) is 6.92 Å². The highest BCUT2D eigenvalue weighted by Crippen LogP contribution is 2.41. The minimum absolute atomic E-state index is 0.0159. The first-order valence-corrected chi connectivity index (χ1v) is 18.6. The molecule has 0 aliphatic heterocycles. The molecular weight excluding hydrogens is 740 g/mol. The summed E-state index contributed by atoms with van der Waals surface area (Å²) in [6, 6.07) is 23.9. The number of hydrogen-bond acceptors (Lipinski definition) is 8. The molecule has 16 heteroatoms. The molecule has 5 rings (SSSR count). The van der Waals surface area contributed by atoms with E-state index in [0.29, 0.717) is 58.5 Å². The Labute approximate surface area is 314 Å². The molecule has 13 nitrogen and oxygen atoms in total. The van der Waals surface area contributed by atoms with Gasteiger partial charge >= 0.3 is 7.82 Å². The van der Waals surface area contributed by atoms with Gasteiger partial charge < -0.3 is 25.6 Å². The number of anilines is 2. The van der Waals surface area contributed by atoms with E-state index in [9.17, 15) is 28.4 Å². The summed E-state index contributed by atoms with van der Waals surface area (Å²) < 4.78 is 28.8. The third-order valence-electron chi connectivity index (χ3n) is 8.14. The van der Waals surface area contributed by atoms with E-state index in [-0.39, 0.29) is 52.2 Å². The monoisotopic (exact) mass is 775 g/mol. The summed E-state index contributed by atoms with van der Waals surface area (Å²) >= 11 is 6.04. The molecule has 0 radical (unpaired) electrons. The first-order chi connectivity index (χ1) is 25.8. The standard InChI is InChI=1S/C38H36ClFN5O8P/c1-23-19-27(39)12-16-32(23)43-38(49)31-21-25-7-4-5-8-30(25)35(36(31)47)45-44-28-13-10-24(11-14-28)37(48)41-18-6-2-3-9-34(46)42-29-15-17-33(26(20-29)22-40)53-54(50,51)52/h4-5,7-8,10-17,19-21,47H,2-3,6,9,18,22H2,1H3,(H,41,48)(H,42,46)(H,43,49)(H2,50,51,52)/b45-44+. The van der Waals surface area contributed by atoms with Gasteiger partial charge in [0.1, 0.15) is 18.1 Å². The van der Waals surface area contributed by atoms with Crippen molar-refractivity contribution in [3.05, 3.63) is 118 Å². The quantitative estimate of drug-likeness (QED) is 0.0344. The number of carbonyl (C=O) groups excluding carboxylic acids is 3. The molecule has 0 fully saturated rings. The first-order valence-electron chi connectivity index (χ1n) is 16.7. The lowest BCUT2D eigenvalue weighted by molar-refractivity contribution is -0.116. The van der Waals surface area contributed by atoms with Gasteiger partial charge in [0.15, 0.2) is 5.75 Å². The predicted molar refractivity (Wildman–Crippen MR) is 204 cm³/mol. The topological polar surface area (TPSA) is 199 Å². The maximum absolute atomic E-state index is 13.3. The van der Waals surface area contributed by atoms with Crippen molar-refractivity contribution in [2.75, 3.05) is 17.2 Å². The lowest BCUT2D eigenvalue weighted by Gasteiger charge is -2.12. The Morgan fingerprint density at radius 1 is 0.870 bits per heavy atom. The van der Waals surface area contributed by atoms with Crippen LogP contribution in [0.3, 0.4) is 0 Å². The van der Waals surface area contributed by atoms with Crippen LogP contribution in [-0.4, -0.2) is 39.2 Å². The number of nitrogens with one attached hydrogen (secondary N) is 3. The summed E-state index contributed by atoms with van der Waals surface area (Å²) in [5.74, 6) is -1.81. The van der Waals surface area contributed by atoms with Crippen molar-refractivity contribution >= 4 is 70.7 Å². The van der Waals surface area contributed by atoms with E-state index in [2.05, 4.69) is 30.7 Å². The summed E-state index contributed by atoms with van der Waals surface area (Å²) in [5.41, 5.74) is 2.37. The van der Waals surface area contributed by atoms with Crippen LogP contribution in [0.5, 0.6) is 11.5 Å². The minimum Gasteiger partial charge on any atom is -0.505 e. The lowest BCUT2D eigenvalue weighted by atomic mass is 10.0. The Bertz CT molecular complexity index is 2270. The SMILES string of the molecule is Cc1cc(Cl)ccc1NC(=O)c1cc2ccccc2c(/N=N/c2ccc(C(=O)NCCCCCC(=O)Nc3ccc(OP(=O)(O)O)c(CF)c3)cc2)c1O. The number of aromatic hydroxyl groups is 1. The summed E-state index contributed by atoms with van der Waals surface area (Å²) in [6.45, 7) is 1.13. The smallest absolute Gasteiger partial charge is 0.505 e. The van der Waals surface area contributed by atoms with E-state index in [1.807, 2.05) is 13.0 Å². The molecular formula is C38H36ClFN5O8P. The molecule has 0 unspecified atom stereocenters. The van der Waals surface area contributed by atoms with Gasteiger partial charge in [0.2, 0.25) is 5.91 Å². The number of fused-ring (bicyclic) bond motifs is 1. The molecule has 0 atom stereocenters. The number of amides is 3. The average molecular weight is 776 g/mol. The predicted octanol–water partition coefficient (Wildman–Crippen LogP) is 9.04. The van der Waals surface area contributed by atoms with Crippen molar-refractivity contribution in [2.45, 2.75) is 39.3 Å². The van der Waals surface area contributed by atoms with Gasteiger partial charge in [-0.3, -0.25) is 24.2 Å². The van der Waals surface area contributed by atoms with Gasteiger partial charge in [-0.25, -0.2) is 8.96 Å². The summed E-state index contributed by atoms with van der Waals surface area (Å²) in [7, 11) is -4.86. The molecule has 54 heavy (non-hydrogen) atoms. The van der Waals surface area contributed by atoms with Crippen LogP contribution < -0.4 is 20.5 Å². The van der Waals surface area contributed by atoms with Crippen LogP contribution >= 0.6 is 19.4 Å². The Hall–Kier alpha value is -5.66. The second-order valence-corrected chi connectivity index (χ2v) is 13.8. The summed E-state index contributed by atoms with van der Waals surface area (Å²) in [6.07, 6.45) is 1.95. The Kier molecular flexibility index (Phi) is 13.1. The van der Waals surface area contributed by atoms with Crippen molar-refractivity contribution in [3.63, 3.8) is 0 Å². The second kappa shape index (κ2) is 17.9. The van der Waals surface area contributed by atoms with E-state index in [0.717, 1.165) is 5.56 Å². The van der Waals surface area contributed by atoms with Crippen LogP contribution in [0.2, 0.25) is 5.02 Å². The highest BCUT2D eigenvalue weighted by atomic mass is 35.5. The molecule has 280 valence electrons. The molecule has 0 saturated heterocycles. The van der Waals surface area contributed by atoms with Gasteiger partial charge in [-0.15, -0.1) is 5.11 Å². The number of aryl methyl sites for hydroxylation is 1. The number of benzene rings is 5. The number of phosphoric ester groups is 1. The fourth-order valence-electron chi connectivity index (χ4n) is 5.43. The van der Waals surface area contributed by atoms with E-state index in [4.69, 9.17) is 21.4 Å². The van der Waals surface area contributed by atoms with Crippen LogP contribution in [0.1, 0.15) is 57.5 Å². The Balaban J connectivity index is 1.11. The zero-order valence-electron chi connectivity index (χ0n) is 28.9. The maximum atomic E-state index is 13.3. The van der Waals surface area contributed by atoms with Gasteiger partial charge in [-0.05, 0) is 97.4 Å². The summed E-state index contributed by atoms with van der Waals surface area (Å²) in [5, 5.41) is 29.8. The van der Waals surface area contributed by atoms with Crippen LogP contribution in [0.15, 0.2) is 101 Å². The average Bonchev–Trinajstić information content (AvgIpc) is 3.13. The van der Waals surface area contributed by atoms with Crippen molar-refractivity contribution in [3.8, 4) is 11.5 Å². The zero-order chi connectivity index (χ0) is 38.8. The van der Waals surface area contributed by atoms with Crippen LogP contribution in [-0.2, 0) is 16.0 Å². The Morgan fingerprint density at radius 2 is 1.63 bits per heavy atom. The number of carbonyl (C=O) groups is 3. The van der Waals surface area contributed by atoms with Gasteiger partial charge in [0.05, 0.1) is 11.3 Å². The number of halogens is 2. The highest BCUT2D eigenvalue weighted by Gasteiger charge is 2.20. The minimum atomic E-state index is -4.86. The van der Waals surface area contributed by atoms with Crippen molar-refractivity contribution in [1.29, 1.82) is 0 Å². The molecule has 0 aromatic heterocycles. The molecule has 3 amide bonds. The third-order valence-corrected chi connectivity index (χ3v) is 8.81. The number of unbranched alkanes of at least 4 members (excludes halogenated alkanes) is 2. The normalized spacial score (nSPS) is 11.4. The lowest BCUT2D eigenvalue weighted by Crippen LogP contribution is -2.24. The van der Waals surface area contributed by atoms with Crippen LogP contribution in [0.4, 0.5) is 27.1 Å². The number of alkyl halides is 1. The molecule has 0 bridgehead atoms. The van der Waals surface area contributed by atoms with Crippen LogP contribution in [0.25, 0.3) is 10.8 Å². The molecule has 0 heterocycles. The number of hydrogen-bond donors (Lipinski definition) is 6. The molecule has 0 aliphatic carbocycles. The molecule has 0 aliphatic rings. The third kappa shape index (κ3) is 10.7. The number of phenolic OH excluding ortho intramolecular Hbond substituents is 1. The van der Waals surface area contributed by atoms with Crippen molar-refractivity contribution < 1.29 is 42.8 Å². The molecule has 5 aromatic rings. The van der Waals surface area contributed by atoms with E-state index in [1.165, 1.54) is 18.2 Å². The van der Waals surface area contributed by atoms with E-state index < -0.39 is 20.4 Å². The number of nitrogens with zero attached hydrogens (tertiary/aromatic N) is 2. The number of phenols is 1. The molecule has 0 spiro atoms. The van der Waals surface area contributed by atoms with Crippen molar-refractivity contribution in [1.82, 2.24) is 5.32 Å². The van der Waals surface area contributed by atoms with E-state index >= 15 is 0 Å². The van der Waals surface area contributed by atoms with Gasteiger partial charge in [-0.2, -0.15) is 5.11 Å². The number of phosphoric acid groups is 1. The summed E-state index contributed by atoms with van der Waals surface area (Å²) in [4.78, 5) is 56.2. The number of rotatable bonds is 15. The largest absolute Gasteiger partial charge is 0.524 e. The zero-order valence-corrected chi connectivity index (χ0v) is 30.5. The van der Waals surface area contributed by atoms with E-state index in [1.54, 1.807) is 66.7 Å². The molecule has 0 saturated carbocycles.